The summed E-state index contributed by atoms with van der Waals surface area (Å²) in [4.78, 5) is 26.2. The van der Waals surface area contributed by atoms with Gasteiger partial charge in [-0.15, -0.1) is 0 Å². The maximum absolute atomic E-state index is 13.5. The van der Waals surface area contributed by atoms with Gasteiger partial charge >= 0.3 is 0 Å². The summed E-state index contributed by atoms with van der Waals surface area (Å²) in [6.07, 6.45) is 1.64. The van der Waals surface area contributed by atoms with E-state index < -0.39 is 0 Å². The van der Waals surface area contributed by atoms with Crippen LogP contribution >= 0.6 is 0 Å². The highest BCUT2D eigenvalue weighted by atomic mass is 19.1. The first-order chi connectivity index (χ1) is 17.0. The second-order valence-corrected chi connectivity index (χ2v) is 8.72. The molecule has 7 heteroatoms. The first-order valence-electron chi connectivity index (χ1n) is 11.5. The second-order valence-electron chi connectivity index (χ2n) is 8.72. The van der Waals surface area contributed by atoms with E-state index >= 15 is 0 Å². The average molecular weight is 469 g/mol. The lowest BCUT2D eigenvalue weighted by atomic mass is 10.0. The van der Waals surface area contributed by atoms with E-state index in [9.17, 15) is 14.0 Å². The fraction of sp³-hybridized carbons (Fsp3) is 0.179. The lowest BCUT2D eigenvalue weighted by Crippen LogP contribution is -2.35. The van der Waals surface area contributed by atoms with Crippen molar-refractivity contribution in [1.82, 2.24) is 19.7 Å². The fourth-order valence-electron chi connectivity index (χ4n) is 4.40. The minimum absolute atomic E-state index is 0.144. The van der Waals surface area contributed by atoms with E-state index in [1.54, 1.807) is 18.3 Å². The Labute approximate surface area is 201 Å². The molecule has 1 unspecified atom stereocenters. The van der Waals surface area contributed by atoms with Gasteiger partial charge in [0.15, 0.2) is 0 Å². The molecule has 35 heavy (non-hydrogen) atoms. The van der Waals surface area contributed by atoms with Gasteiger partial charge in [0.2, 0.25) is 5.91 Å². The number of fused-ring (bicyclic) bond motifs is 3. The maximum Gasteiger partial charge on any atom is 0.291 e. The van der Waals surface area contributed by atoms with Crippen molar-refractivity contribution in [2.45, 2.75) is 25.9 Å². The summed E-state index contributed by atoms with van der Waals surface area (Å²) in [7, 11) is 0. The van der Waals surface area contributed by atoms with Crippen molar-refractivity contribution >= 4 is 27.7 Å². The van der Waals surface area contributed by atoms with Crippen LogP contribution in [0.3, 0.4) is 0 Å². The van der Waals surface area contributed by atoms with Crippen molar-refractivity contribution in [3.05, 3.63) is 112 Å². The van der Waals surface area contributed by atoms with Gasteiger partial charge in [-0.1, -0.05) is 67.6 Å². The Morgan fingerprint density at radius 1 is 0.971 bits per heavy atom. The van der Waals surface area contributed by atoms with E-state index in [0.29, 0.717) is 18.6 Å². The third-order valence-corrected chi connectivity index (χ3v) is 6.29. The number of hydrogen-bond donors (Lipinski definition) is 1. The monoisotopic (exact) mass is 468 g/mol. The van der Waals surface area contributed by atoms with Crippen LogP contribution in [-0.2, 0) is 17.9 Å². The van der Waals surface area contributed by atoms with Crippen LogP contribution in [0, 0.1) is 5.82 Å². The van der Waals surface area contributed by atoms with E-state index in [1.807, 2.05) is 66.1 Å². The third kappa shape index (κ3) is 4.57. The molecule has 2 heterocycles. The van der Waals surface area contributed by atoms with Gasteiger partial charge in [0.05, 0.1) is 6.20 Å². The molecule has 0 bridgehead atoms. The molecule has 3 aromatic carbocycles. The van der Waals surface area contributed by atoms with Crippen LogP contribution in [0.2, 0.25) is 0 Å². The molecule has 5 rings (SSSR count). The zero-order valence-electron chi connectivity index (χ0n) is 19.3. The molecule has 0 saturated carbocycles. The molecule has 1 N–H and O–H groups in total. The summed E-state index contributed by atoms with van der Waals surface area (Å²) >= 11 is 0. The van der Waals surface area contributed by atoms with Crippen molar-refractivity contribution < 1.29 is 9.18 Å². The number of amides is 1. The molecule has 1 amide bonds. The molecule has 0 aliphatic heterocycles. The highest BCUT2D eigenvalue weighted by Gasteiger charge is 2.17. The molecule has 176 valence electrons. The number of hydrogen-bond acceptors (Lipinski definition) is 3. The van der Waals surface area contributed by atoms with Crippen LogP contribution in [0.4, 0.5) is 4.39 Å². The smallest absolute Gasteiger partial charge is 0.291 e. The van der Waals surface area contributed by atoms with Gasteiger partial charge in [0.25, 0.3) is 5.56 Å². The second kappa shape index (κ2) is 9.54. The van der Waals surface area contributed by atoms with Gasteiger partial charge in [0, 0.05) is 29.4 Å². The molecule has 6 nitrogen and oxygen atoms in total. The van der Waals surface area contributed by atoms with Gasteiger partial charge in [-0.3, -0.25) is 9.59 Å². The number of carbonyl (C=O) groups is 1. The highest BCUT2D eigenvalue weighted by Crippen LogP contribution is 2.27. The number of para-hydroxylation sites is 1. The SMILES string of the molecule is CC(CNC(=O)Cn1ncc2c3ccccc3n(Cc3ccc(F)cc3)c2c1=O)c1ccccc1. The van der Waals surface area contributed by atoms with Crippen LogP contribution in [-0.4, -0.2) is 26.8 Å². The summed E-state index contributed by atoms with van der Waals surface area (Å²) in [5, 5.41) is 8.83. The molecule has 0 fully saturated rings. The number of rotatable bonds is 7. The lowest BCUT2D eigenvalue weighted by Gasteiger charge is -2.13. The Morgan fingerprint density at radius 2 is 1.69 bits per heavy atom. The number of nitrogens with zero attached hydrogens (tertiary/aromatic N) is 3. The van der Waals surface area contributed by atoms with E-state index in [2.05, 4.69) is 10.4 Å². The number of nitrogens with one attached hydrogen (secondary N) is 1. The minimum Gasteiger partial charge on any atom is -0.354 e. The van der Waals surface area contributed by atoms with Gasteiger partial charge in [-0.05, 0) is 35.2 Å². The van der Waals surface area contributed by atoms with E-state index in [-0.39, 0.29) is 29.7 Å². The van der Waals surface area contributed by atoms with Crippen molar-refractivity contribution in [2.24, 2.45) is 0 Å². The van der Waals surface area contributed by atoms with Gasteiger partial charge in [-0.25, -0.2) is 9.07 Å². The number of benzene rings is 3. The van der Waals surface area contributed by atoms with Gasteiger partial charge in [-0.2, -0.15) is 5.10 Å². The molecule has 0 saturated heterocycles. The lowest BCUT2D eigenvalue weighted by molar-refractivity contribution is -0.121. The van der Waals surface area contributed by atoms with Crippen LogP contribution in [0.5, 0.6) is 0 Å². The van der Waals surface area contributed by atoms with Crippen LogP contribution in [0.25, 0.3) is 21.8 Å². The number of carbonyl (C=O) groups excluding carboxylic acids is 1. The minimum atomic E-state index is -0.341. The summed E-state index contributed by atoms with van der Waals surface area (Å²) in [6, 6.07) is 23.9. The largest absolute Gasteiger partial charge is 0.354 e. The maximum atomic E-state index is 13.5. The van der Waals surface area contributed by atoms with Gasteiger partial charge < -0.3 is 9.88 Å². The predicted molar refractivity (Wildman–Crippen MR) is 135 cm³/mol. The summed E-state index contributed by atoms with van der Waals surface area (Å²) < 4.78 is 16.5. The molecular formula is C28H25FN4O2. The summed E-state index contributed by atoms with van der Waals surface area (Å²) in [5.74, 6) is -0.441. The Balaban J connectivity index is 1.44. The first kappa shape index (κ1) is 22.5. The molecular weight excluding hydrogens is 443 g/mol. The molecule has 0 spiro atoms. The van der Waals surface area contributed by atoms with Crippen LogP contribution < -0.4 is 10.9 Å². The molecule has 1 atom stereocenters. The average Bonchev–Trinajstić information content (AvgIpc) is 3.20. The van der Waals surface area contributed by atoms with Crippen molar-refractivity contribution in [1.29, 1.82) is 0 Å². The van der Waals surface area contributed by atoms with E-state index in [4.69, 9.17) is 0 Å². The summed E-state index contributed by atoms with van der Waals surface area (Å²) in [6.45, 7) is 2.73. The normalized spacial score (nSPS) is 12.2. The van der Waals surface area contributed by atoms with Crippen molar-refractivity contribution in [3.63, 3.8) is 0 Å². The number of halogens is 1. The quantitative estimate of drug-likeness (QED) is 0.384. The van der Waals surface area contributed by atoms with Crippen molar-refractivity contribution in [2.75, 3.05) is 6.54 Å². The standard InChI is InChI=1S/C28H25FN4O2/c1-19(21-7-3-2-4-8-21)15-30-26(34)18-33-28(35)27-24(16-31-33)23-9-5-6-10-25(23)32(27)17-20-11-13-22(29)14-12-20/h2-14,16,19H,15,17-18H2,1H3,(H,30,34). The fourth-order valence-corrected chi connectivity index (χ4v) is 4.40. The Bertz CT molecular complexity index is 1560. The van der Waals surface area contributed by atoms with E-state index in [0.717, 1.165) is 27.4 Å². The zero-order chi connectivity index (χ0) is 24.4. The van der Waals surface area contributed by atoms with Crippen LogP contribution in [0.15, 0.2) is 89.9 Å². The van der Waals surface area contributed by atoms with Gasteiger partial charge in [0.1, 0.15) is 17.9 Å². The Kier molecular flexibility index (Phi) is 6.14. The topological polar surface area (TPSA) is 68.9 Å². The highest BCUT2D eigenvalue weighted by molar-refractivity contribution is 6.07. The number of aromatic nitrogens is 3. The predicted octanol–water partition coefficient (Wildman–Crippen LogP) is 4.46. The van der Waals surface area contributed by atoms with Crippen LogP contribution in [0.1, 0.15) is 24.0 Å². The first-order valence-corrected chi connectivity index (χ1v) is 11.5. The third-order valence-electron chi connectivity index (χ3n) is 6.29. The molecule has 0 aliphatic rings. The molecule has 0 radical (unpaired) electrons. The molecule has 2 aromatic heterocycles. The Hall–Kier alpha value is -4.26. The Morgan fingerprint density at radius 3 is 2.46 bits per heavy atom. The van der Waals surface area contributed by atoms with E-state index in [1.165, 1.54) is 16.8 Å². The molecule has 5 aromatic rings. The zero-order valence-corrected chi connectivity index (χ0v) is 19.3. The van der Waals surface area contributed by atoms with Crippen molar-refractivity contribution in [3.8, 4) is 0 Å². The molecule has 0 aliphatic carbocycles. The summed E-state index contributed by atoms with van der Waals surface area (Å²) in [5.41, 5.74) is 3.01.